The maximum absolute atomic E-state index is 12.0. The molecule has 2 aliphatic rings. The van der Waals surface area contributed by atoms with Crippen LogP contribution >= 0.6 is 11.3 Å². The number of thiophene rings is 1. The van der Waals surface area contributed by atoms with Gasteiger partial charge in [-0.3, -0.25) is 0 Å². The molecule has 1 saturated carbocycles. The third kappa shape index (κ3) is 2.99. The summed E-state index contributed by atoms with van der Waals surface area (Å²) in [4.78, 5) is 13.3. The van der Waals surface area contributed by atoms with Gasteiger partial charge in [0.25, 0.3) is 0 Å². The van der Waals surface area contributed by atoms with Crippen LogP contribution in [-0.2, 0) is 11.3 Å². The fourth-order valence-corrected chi connectivity index (χ4v) is 4.17. The van der Waals surface area contributed by atoms with Crippen LogP contribution in [0.15, 0.2) is 11.4 Å². The molecule has 2 N–H and O–H groups in total. The Labute approximate surface area is 123 Å². The molecule has 0 bridgehead atoms. The second-order valence-corrected chi connectivity index (χ2v) is 6.75. The van der Waals surface area contributed by atoms with Gasteiger partial charge in [0.15, 0.2) is 0 Å². The molecule has 4 nitrogen and oxygen atoms in total. The first-order valence-electron chi connectivity index (χ1n) is 7.43. The van der Waals surface area contributed by atoms with Gasteiger partial charge in [-0.15, -0.1) is 11.3 Å². The lowest BCUT2D eigenvalue weighted by Crippen LogP contribution is -2.49. The van der Waals surface area contributed by atoms with Gasteiger partial charge < -0.3 is 15.4 Å². The van der Waals surface area contributed by atoms with Crippen LogP contribution in [0.4, 0.5) is 4.79 Å². The number of hydrogen-bond acceptors (Lipinski definition) is 3. The number of nitrogens with one attached hydrogen (secondary N) is 2. The second-order valence-electron chi connectivity index (χ2n) is 5.75. The minimum Gasteiger partial charge on any atom is -0.378 e. The standard InChI is InChI=1S/C15H22N2O2S/c1-10-6-8-20-14(10)9-16-15(18)17-12-3-2-4-13-11(12)5-7-19-13/h6,8,11-13H,2-5,7,9H2,1H3,(H2,16,17,18)/t11-,12-,13+/m1/s1. The van der Waals surface area contributed by atoms with Gasteiger partial charge in [0.1, 0.15) is 0 Å². The molecule has 3 atom stereocenters. The van der Waals surface area contributed by atoms with Gasteiger partial charge in [0.2, 0.25) is 0 Å². The third-order valence-corrected chi connectivity index (χ3v) is 5.50. The SMILES string of the molecule is Cc1ccsc1CNC(=O)N[C@@H]1CCC[C@@H]2OCC[C@@H]21. The number of aryl methyl sites for hydroxylation is 1. The number of ether oxygens (including phenoxy) is 1. The Kier molecular flexibility index (Phi) is 4.27. The van der Waals surface area contributed by atoms with Crippen LogP contribution < -0.4 is 10.6 Å². The molecule has 110 valence electrons. The van der Waals surface area contributed by atoms with Crippen molar-refractivity contribution in [2.75, 3.05) is 6.61 Å². The van der Waals surface area contributed by atoms with E-state index < -0.39 is 0 Å². The smallest absolute Gasteiger partial charge is 0.315 e. The predicted molar refractivity (Wildman–Crippen MR) is 79.9 cm³/mol. The predicted octanol–water partition coefficient (Wildman–Crippen LogP) is 2.81. The molecule has 2 amide bonds. The summed E-state index contributed by atoms with van der Waals surface area (Å²) in [5, 5.41) is 8.18. The average Bonchev–Trinajstić information content (AvgIpc) is 3.06. The van der Waals surface area contributed by atoms with Crippen molar-refractivity contribution in [2.24, 2.45) is 5.92 Å². The maximum Gasteiger partial charge on any atom is 0.315 e. The van der Waals surface area contributed by atoms with E-state index >= 15 is 0 Å². The summed E-state index contributed by atoms with van der Waals surface area (Å²) in [5.41, 5.74) is 1.25. The van der Waals surface area contributed by atoms with E-state index in [1.165, 1.54) is 10.4 Å². The summed E-state index contributed by atoms with van der Waals surface area (Å²) in [6.07, 6.45) is 4.83. The van der Waals surface area contributed by atoms with Gasteiger partial charge in [-0.2, -0.15) is 0 Å². The first kappa shape index (κ1) is 13.9. The Bertz CT molecular complexity index is 474. The molecule has 2 heterocycles. The first-order chi connectivity index (χ1) is 9.74. The first-order valence-corrected chi connectivity index (χ1v) is 8.31. The maximum atomic E-state index is 12.0. The zero-order valence-corrected chi connectivity index (χ0v) is 12.7. The van der Waals surface area contributed by atoms with Crippen LogP contribution in [0.5, 0.6) is 0 Å². The molecular formula is C15H22N2O2S. The molecule has 0 unspecified atom stereocenters. The van der Waals surface area contributed by atoms with Crippen molar-refractivity contribution in [1.82, 2.24) is 10.6 Å². The molecule has 0 spiro atoms. The fourth-order valence-electron chi connectivity index (χ4n) is 3.32. The van der Waals surface area contributed by atoms with Gasteiger partial charge in [-0.05, 0) is 49.6 Å². The van der Waals surface area contributed by atoms with Crippen molar-refractivity contribution in [3.63, 3.8) is 0 Å². The fraction of sp³-hybridized carbons (Fsp3) is 0.667. The number of carbonyl (C=O) groups excluding carboxylic acids is 1. The van der Waals surface area contributed by atoms with Gasteiger partial charge in [0, 0.05) is 23.4 Å². The zero-order chi connectivity index (χ0) is 13.9. The van der Waals surface area contributed by atoms with Crippen molar-refractivity contribution < 1.29 is 9.53 Å². The largest absolute Gasteiger partial charge is 0.378 e. The van der Waals surface area contributed by atoms with Crippen molar-refractivity contribution in [1.29, 1.82) is 0 Å². The highest BCUT2D eigenvalue weighted by Gasteiger charge is 2.38. The number of urea groups is 1. The third-order valence-electron chi connectivity index (χ3n) is 4.48. The molecule has 1 aliphatic heterocycles. The van der Waals surface area contributed by atoms with Crippen LogP contribution in [0.3, 0.4) is 0 Å². The molecule has 5 heteroatoms. The highest BCUT2D eigenvalue weighted by Crippen LogP contribution is 2.34. The Hall–Kier alpha value is -1.07. The monoisotopic (exact) mass is 294 g/mol. The molecular weight excluding hydrogens is 272 g/mol. The minimum absolute atomic E-state index is 0.0460. The zero-order valence-electron chi connectivity index (χ0n) is 11.9. The van der Waals surface area contributed by atoms with E-state index in [1.807, 2.05) is 0 Å². The van der Waals surface area contributed by atoms with E-state index in [0.717, 1.165) is 32.3 Å². The average molecular weight is 294 g/mol. The minimum atomic E-state index is -0.0460. The number of rotatable bonds is 3. The van der Waals surface area contributed by atoms with Crippen LogP contribution in [0.25, 0.3) is 0 Å². The molecule has 1 aromatic rings. The Morgan fingerprint density at radius 2 is 2.35 bits per heavy atom. The Balaban J connectivity index is 1.50. The lowest BCUT2D eigenvalue weighted by Gasteiger charge is -2.33. The topological polar surface area (TPSA) is 50.4 Å². The normalized spacial score (nSPS) is 28.9. The summed E-state index contributed by atoms with van der Waals surface area (Å²) >= 11 is 1.69. The highest BCUT2D eigenvalue weighted by atomic mass is 32.1. The molecule has 1 saturated heterocycles. The van der Waals surface area contributed by atoms with E-state index in [4.69, 9.17) is 4.74 Å². The van der Waals surface area contributed by atoms with Gasteiger partial charge in [0.05, 0.1) is 12.6 Å². The van der Waals surface area contributed by atoms with E-state index in [2.05, 4.69) is 29.0 Å². The van der Waals surface area contributed by atoms with Gasteiger partial charge >= 0.3 is 6.03 Å². The van der Waals surface area contributed by atoms with E-state index in [9.17, 15) is 4.79 Å². The summed E-state index contributed by atoms with van der Waals surface area (Å²) in [7, 11) is 0. The van der Waals surface area contributed by atoms with Crippen molar-refractivity contribution in [3.8, 4) is 0 Å². The number of hydrogen-bond donors (Lipinski definition) is 2. The molecule has 3 rings (SSSR count). The summed E-state index contributed by atoms with van der Waals surface area (Å²) in [5.74, 6) is 0.512. The number of fused-ring (bicyclic) bond motifs is 1. The van der Waals surface area contributed by atoms with Crippen molar-refractivity contribution in [2.45, 2.75) is 51.3 Å². The number of carbonyl (C=O) groups is 1. The van der Waals surface area contributed by atoms with E-state index in [0.29, 0.717) is 18.6 Å². The van der Waals surface area contributed by atoms with Crippen molar-refractivity contribution in [3.05, 3.63) is 21.9 Å². The van der Waals surface area contributed by atoms with Crippen LogP contribution in [-0.4, -0.2) is 24.8 Å². The van der Waals surface area contributed by atoms with E-state index in [1.54, 1.807) is 11.3 Å². The number of amides is 2. The summed E-state index contributed by atoms with van der Waals surface area (Å²) < 4.78 is 5.73. The Morgan fingerprint density at radius 3 is 3.15 bits per heavy atom. The summed E-state index contributed by atoms with van der Waals surface area (Å²) in [6.45, 7) is 3.54. The molecule has 20 heavy (non-hydrogen) atoms. The van der Waals surface area contributed by atoms with Gasteiger partial charge in [-0.1, -0.05) is 0 Å². The van der Waals surface area contributed by atoms with Crippen LogP contribution in [0, 0.1) is 12.8 Å². The van der Waals surface area contributed by atoms with Gasteiger partial charge in [-0.25, -0.2) is 4.79 Å². The van der Waals surface area contributed by atoms with E-state index in [-0.39, 0.29) is 12.1 Å². The quantitative estimate of drug-likeness (QED) is 0.900. The highest BCUT2D eigenvalue weighted by molar-refractivity contribution is 7.10. The lowest BCUT2D eigenvalue weighted by molar-refractivity contribution is 0.0549. The Morgan fingerprint density at radius 1 is 1.45 bits per heavy atom. The molecule has 1 aliphatic carbocycles. The van der Waals surface area contributed by atoms with Crippen LogP contribution in [0.2, 0.25) is 0 Å². The van der Waals surface area contributed by atoms with Crippen molar-refractivity contribution >= 4 is 17.4 Å². The molecule has 0 radical (unpaired) electrons. The summed E-state index contributed by atoms with van der Waals surface area (Å²) in [6, 6.07) is 2.32. The molecule has 2 fully saturated rings. The second kappa shape index (κ2) is 6.14. The lowest BCUT2D eigenvalue weighted by atomic mass is 9.82. The van der Waals surface area contributed by atoms with Crippen LogP contribution in [0.1, 0.15) is 36.1 Å². The molecule has 0 aromatic carbocycles. The molecule has 1 aromatic heterocycles.